The van der Waals surface area contributed by atoms with E-state index in [1.165, 1.54) is 12.1 Å². The maximum absolute atomic E-state index is 13.1. The highest BCUT2D eigenvalue weighted by Crippen LogP contribution is 2.31. The van der Waals surface area contributed by atoms with Crippen molar-refractivity contribution >= 4 is 15.9 Å². The van der Waals surface area contributed by atoms with E-state index in [9.17, 15) is 4.39 Å². The zero-order chi connectivity index (χ0) is 15.5. The molecule has 3 rings (SSSR count). The van der Waals surface area contributed by atoms with Crippen LogP contribution in [0.5, 0.6) is 0 Å². The zero-order valence-electron chi connectivity index (χ0n) is 11.5. The lowest BCUT2D eigenvalue weighted by molar-refractivity contribution is 0.628. The number of nitrogens with zero attached hydrogens (tertiary/aromatic N) is 3. The number of nitriles is 1. The molecule has 0 spiro atoms. The molecule has 0 N–H and O–H groups in total. The molecule has 22 heavy (non-hydrogen) atoms. The predicted octanol–water partition coefficient (Wildman–Crippen LogP) is 4.51. The molecule has 1 heterocycles. The van der Waals surface area contributed by atoms with Crippen LogP contribution in [0.15, 0.2) is 59.2 Å². The Morgan fingerprint density at radius 1 is 1.09 bits per heavy atom. The third kappa shape index (κ3) is 2.66. The molecule has 0 saturated heterocycles. The van der Waals surface area contributed by atoms with Gasteiger partial charge in [0.2, 0.25) is 0 Å². The van der Waals surface area contributed by atoms with Crippen molar-refractivity contribution in [2.75, 3.05) is 0 Å². The smallest absolute Gasteiger partial charge is 0.123 e. The second-order valence-corrected chi connectivity index (χ2v) is 5.46. The fourth-order valence-electron chi connectivity index (χ4n) is 2.25. The predicted molar refractivity (Wildman–Crippen MR) is 86.0 cm³/mol. The van der Waals surface area contributed by atoms with Crippen LogP contribution in [0.4, 0.5) is 4.39 Å². The van der Waals surface area contributed by atoms with E-state index in [2.05, 4.69) is 27.1 Å². The lowest BCUT2D eigenvalue weighted by Crippen LogP contribution is -1.96. The second kappa shape index (κ2) is 6.12. The lowest BCUT2D eigenvalue weighted by Gasteiger charge is -2.02. The van der Waals surface area contributed by atoms with Crippen molar-refractivity contribution in [3.8, 4) is 23.0 Å². The number of para-hydroxylation sites is 1. The van der Waals surface area contributed by atoms with Crippen molar-refractivity contribution in [3.63, 3.8) is 0 Å². The van der Waals surface area contributed by atoms with Gasteiger partial charge in [0.05, 0.1) is 23.9 Å². The molecule has 0 fully saturated rings. The van der Waals surface area contributed by atoms with Crippen molar-refractivity contribution in [2.45, 2.75) is 6.42 Å². The van der Waals surface area contributed by atoms with Crippen LogP contribution in [0.25, 0.3) is 16.9 Å². The number of halogens is 2. The average molecular weight is 356 g/mol. The van der Waals surface area contributed by atoms with E-state index in [0.29, 0.717) is 5.69 Å². The standard InChI is InChI=1S/C17H11BrFN3/c18-17-15(10-11-20)16(12-6-8-13(19)9-7-12)21-22(17)14-4-2-1-3-5-14/h1-9H,10H2. The van der Waals surface area contributed by atoms with Gasteiger partial charge in [-0.05, 0) is 52.3 Å². The van der Waals surface area contributed by atoms with E-state index in [1.54, 1.807) is 16.8 Å². The highest BCUT2D eigenvalue weighted by molar-refractivity contribution is 9.10. The van der Waals surface area contributed by atoms with Gasteiger partial charge in [0, 0.05) is 11.1 Å². The molecule has 0 saturated carbocycles. The zero-order valence-corrected chi connectivity index (χ0v) is 13.1. The minimum absolute atomic E-state index is 0.222. The Kier molecular flexibility index (Phi) is 4.03. The summed E-state index contributed by atoms with van der Waals surface area (Å²) in [4.78, 5) is 0. The van der Waals surface area contributed by atoms with Crippen LogP contribution in [0.1, 0.15) is 5.56 Å². The van der Waals surface area contributed by atoms with Crippen LogP contribution in [0.2, 0.25) is 0 Å². The van der Waals surface area contributed by atoms with Crippen molar-refractivity contribution in [3.05, 3.63) is 70.6 Å². The topological polar surface area (TPSA) is 41.6 Å². The van der Waals surface area contributed by atoms with E-state index in [4.69, 9.17) is 5.26 Å². The molecule has 0 unspecified atom stereocenters. The number of rotatable bonds is 3. The van der Waals surface area contributed by atoms with E-state index in [0.717, 1.165) is 21.4 Å². The van der Waals surface area contributed by atoms with Crippen molar-refractivity contribution in [2.24, 2.45) is 0 Å². The molecule has 1 aromatic heterocycles. The highest BCUT2D eigenvalue weighted by atomic mass is 79.9. The van der Waals surface area contributed by atoms with Crippen molar-refractivity contribution in [1.82, 2.24) is 9.78 Å². The second-order valence-electron chi connectivity index (χ2n) is 4.71. The van der Waals surface area contributed by atoms with Crippen LogP contribution < -0.4 is 0 Å². The first-order valence-corrected chi connectivity index (χ1v) is 7.45. The molecule has 0 aliphatic heterocycles. The Hall–Kier alpha value is -2.45. The van der Waals surface area contributed by atoms with Crippen LogP contribution in [-0.2, 0) is 6.42 Å². The van der Waals surface area contributed by atoms with Crippen molar-refractivity contribution < 1.29 is 4.39 Å². The normalized spacial score (nSPS) is 10.4. The van der Waals surface area contributed by atoms with Gasteiger partial charge in [-0.1, -0.05) is 18.2 Å². The molecule has 2 aromatic carbocycles. The Bertz CT molecular complexity index is 833. The van der Waals surface area contributed by atoms with E-state index in [1.807, 2.05) is 30.3 Å². The van der Waals surface area contributed by atoms with Gasteiger partial charge in [-0.3, -0.25) is 0 Å². The summed E-state index contributed by atoms with van der Waals surface area (Å²) in [6, 6.07) is 17.9. The first-order chi connectivity index (χ1) is 10.7. The monoisotopic (exact) mass is 355 g/mol. The van der Waals surface area contributed by atoms with Gasteiger partial charge >= 0.3 is 0 Å². The molecule has 3 aromatic rings. The summed E-state index contributed by atoms with van der Waals surface area (Å²) in [7, 11) is 0. The summed E-state index contributed by atoms with van der Waals surface area (Å²) >= 11 is 3.53. The molecule has 0 bridgehead atoms. The first-order valence-electron chi connectivity index (χ1n) is 6.66. The Labute approximate surface area is 135 Å². The summed E-state index contributed by atoms with van der Waals surface area (Å²) in [6.07, 6.45) is 0.222. The van der Waals surface area contributed by atoms with Crippen LogP contribution in [0, 0.1) is 17.1 Å². The van der Waals surface area contributed by atoms with Gasteiger partial charge in [-0.15, -0.1) is 0 Å². The van der Waals surface area contributed by atoms with Crippen LogP contribution in [-0.4, -0.2) is 9.78 Å². The van der Waals surface area contributed by atoms with E-state index in [-0.39, 0.29) is 12.2 Å². The minimum Gasteiger partial charge on any atom is -0.226 e. The summed E-state index contributed by atoms with van der Waals surface area (Å²) in [5.41, 5.74) is 3.14. The molecule has 108 valence electrons. The Morgan fingerprint density at radius 2 is 1.77 bits per heavy atom. The summed E-state index contributed by atoms with van der Waals surface area (Å²) in [5, 5.41) is 13.7. The molecule has 0 radical (unpaired) electrons. The minimum atomic E-state index is -0.299. The van der Waals surface area contributed by atoms with Gasteiger partial charge < -0.3 is 0 Å². The van der Waals surface area contributed by atoms with Crippen LogP contribution >= 0.6 is 15.9 Å². The quantitative estimate of drug-likeness (QED) is 0.693. The number of hydrogen-bond acceptors (Lipinski definition) is 2. The molecular weight excluding hydrogens is 345 g/mol. The number of benzene rings is 2. The first kappa shape index (κ1) is 14.5. The van der Waals surface area contributed by atoms with Gasteiger partial charge in [0.25, 0.3) is 0 Å². The molecule has 3 nitrogen and oxygen atoms in total. The highest BCUT2D eigenvalue weighted by Gasteiger charge is 2.18. The maximum Gasteiger partial charge on any atom is 0.123 e. The van der Waals surface area contributed by atoms with E-state index >= 15 is 0 Å². The molecule has 0 aliphatic rings. The van der Waals surface area contributed by atoms with Gasteiger partial charge in [0.15, 0.2) is 0 Å². The summed E-state index contributed by atoms with van der Waals surface area (Å²) in [5.74, 6) is -0.299. The largest absolute Gasteiger partial charge is 0.226 e. The number of aromatic nitrogens is 2. The van der Waals surface area contributed by atoms with Gasteiger partial charge in [-0.2, -0.15) is 10.4 Å². The average Bonchev–Trinajstić information content (AvgIpc) is 2.87. The maximum atomic E-state index is 13.1. The molecular formula is C17H11BrFN3. The fraction of sp³-hybridized carbons (Fsp3) is 0.0588. The Morgan fingerprint density at radius 3 is 2.41 bits per heavy atom. The number of hydrogen-bond donors (Lipinski definition) is 0. The van der Waals surface area contributed by atoms with Crippen molar-refractivity contribution in [1.29, 1.82) is 5.26 Å². The van der Waals surface area contributed by atoms with E-state index < -0.39 is 0 Å². The third-order valence-corrected chi connectivity index (χ3v) is 4.11. The summed E-state index contributed by atoms with van der Waals surface area (Å²) < 4.78 is 15.6. The SMILES string of the molecule is N#CCc1c(-c2ccc(F)cc2)nn(-c2ccccc2)c1Br. The lowest BCUT2D eigenvalue weighted by atomic mass is 10.1. The molecule has 0 atom stereocenters. The van der Waals surface area contributed by atoms with Gasteiger partial charge in [-0.25, -0.2) is 9.07 Å². The summed E-state index contributed by atoms with van der Waals surface area (Å²) in [6.45, 7) is 0. The Balaban J connectivity index is 2.18. The van der Waals surface area contributed by atoms with Crippen LogP contribution in [0.3, 0.4) is 0 Å². The fourth-order valence-corrected chi connectivity index (χ4v) is 2.86. The molecule has 5 heteroatoms. The molecule has 0 aliphatic carbocycles. The van der Waals surface area contributed by atoms with Gasteiger partial charge in [0.1, 0.15) is 10.4 Å². The third-order valence-electron chi connectivity index (χ3n) is 3.30. The molecule has 0 amide bonds.